The summed E-state index contributed by atoms with van der Waals surface area (Å²) in [5, 5.41) is 7.26. The SMILES string of the molecule is CC(C)(C)OCc1ccnc(C(=N)N)c1. The van der Waals surface area contributed by atoms with Gasteiger partial charge in [0.25, 0.3) is 0 Å². The molecule has 1 aromatic rings. The Hall–Kier alpha value is -1.42. The Labute approximate surface area is 90.0 Å². The third-order valence-corrected chi connectivity index (χ3v) is 1.77. The average molecular weight is 207 g/mol. The minimum atomic E-state index is -0.167. The van der Waals surface area contributed by atoms with Crippen molar-refractivity contribution in [3.05, 3.63) is 29.6 Å². The van der Waals surface area contributed by atoms with E-state index in [1.165, 1.54) is 0 Å². The van der Waals surface area contributed by atoms with E-state index in [0.29, 0.717) is 12.3 Å². The van der Waals surface area contributed by atoms with E-state index < -0.39 is 0 Å². The molecule has 0 amide bonds. The smallest absolute Gasteiger partial charge is 0.141 e. The van der Waals surface area contributed by atoms with E-state index in [1.807, 2.05) is 26.8 Å². The third kappa shape index (κ3) is 4.08. The van der Waals surface area contributed by atoms with Crippen molar-refractivity contribution in [3.8, 4) is 0 Å². The van der Waals surface area contributed by atoms with Crippen LogP contribution in [0.1, 0.15) is 32.0 Å². The highest BCUT2D eigenvalue weighted by Crippen LogP contribution is 2.11. The quantitative estimate of drug-likeness (QED) is 0.585. The molecule has 82 valence electrons. The lowest BCUT2D eigenvalue weighted by atomic mass is 10.2. The fourth-order valence-corrected chi connectivity index (χ4v) is 1.01. The number of amidine groups is 1. The van der Waals surface area contributed by atoms with Crippen LogP contribution in [-0.2, 0) is 11.3 Å². The Bertz CT molecular complexity index is 355. The van der Waals surface area contributed by atoms with Crippen molar-refractivity contribution in [2.45, 2.75) is 33.0 Å². The molecule has 1 heterocycles. The molecule has 0 atom stereocenters. The molecular formula is C11H17N3O. The van der Waals surface area contributed by atoms with E-state index in [0.717, 1.165) is 5.56 Å². The summed E-state index contributed by atoms with van der Waals surface area (Å²) in [7, 11) is 0. The molecule has 0 unspecified atom stereocenters. The summed E-state index contributed by atoms with van der Waals surface area (Å²) in [6, 6.07) is 3.63. The molecule has 0 aliphatic heterocycles. The topological polar surface area (TPSA) is 72.0 Å². The van der Waals surface area contributed by atoms with Crippen LogP contribution in [0, 0.1) is 5.41 Å². The molecule has 1 aromatic heterocycles. The second-order valence-electron chi connectivity index (χ2n) is 4.36. The summed E-state index contributed by atoms with van der Waals surface area (Å²) < 4.78 is 5.61. The largest absolute Gasteiger partial charge is 0.382 e. The average Bonchev–Trinajstić information content (AvgIpc) is 2.14. The van der Waals surface area contributed by atoms with Gasteiger partial charge in [-0.05, 0) is 38.5 Å². The minimum absolute atomic E-state index is 0.0207. The molecule has 0 spiro atoms. The zero-order valence-corrected chi connectivity index (χ0v) is 9.37. The predicted octanol–water partition coefficient (Wildman–Crippen LogP) is 1.68. The number of hydrogen-bond acceptors (Lipinski definition) is 3. The zero-order chi connectivity index (χ0) is 11.5. The highest BCUT2D eigenvalue weighted by molar-refractivity contribution is 5.93. The van der Waals surface area contributed by atoms with E-state index in [9.17, 15) is 0 Å². The van der Waals surface area contributed by atoms with Crippen LogP contribution in [0.3, 0.4) is 0 Å². The maximum atomic E-state index is 7.26. The summed E-state index contributed by atoms with van der Waals surface area (Å²) in [6.45, 7) is 6.51. The van der Waals surface area contributed by atoms with E-state index in [2.05, 4.69) is 4.98 Å². The monoisotopic (exact) mass is 207 g/mol. The molecule has 0 saturated heterocycles. The number of aromatic nitrogens is 1. The number of nitrogens with zero attached hydrogens (tertiary/aromatic N) is 1. The Morgan fingerprint density at radius 3 is 2.73 bits per heavy atom. The third-order valence-electron chi connectivity index (χ3n) is 1.77. The molecule has 0 radical (unpaired) electrons. The number of pyridine rings is 1. The predicted molar refractivity (Wildman–Crippen MR) is 59.8 cm³/mol. The maximum absolute atomic E-state index is 7.26. The van der Waals surface area contributed by atoms with Gasteiger partial charge in [-0.25, -0.2) is 0 Å². The highest BCUT2D eigenvalue weighted by Gasteiger charge is 2.10. The lowest BCUT2D eigenvalue weighted by Crippen LogP contribution is -2.19. The van der Waals surface area contributed by atoms with Crippen LogP contribution in [0.4, 0.5) is 0 Å². The van der Waals surface area contributed by atoms with E-state index in [-0.39, 0.29) is 11.4 Å². The van der Waals surface area contributed by atoms with Gasteiger partial charge in [-0.1, -0.05) is 0 Å². The standard InChI is InChI=1S/C11H17N3O/c1-11(2,3)15-7-8-4-5-14-9(6-8)10(12)13/h4-6H,7H2,1-3H3,(H3,12,13). The lowest BCUT2D eigenvalue weighted by molar-refractivity contribution is -0.0149. The first-order valence-corrected chi connectivity index (χ1v) is 4.82. The van der Waals surface area contributed by atoms with Crippen molar-refractivity contribution in [1.82, 2.24) is 4.98 Å². The van der Waals surface area contributed by atoms with Crippen molar-refractivity contribution in [2.75, 3.05) is 0 Å². The summed E-state index contributed by atoms with van der Waals surface area (Å²) in [5.74, 6) is -0.0207. The Morgan fingerprint density at radius 2 is 2.20 bits per heavy atom. The molecule has 0 aliphatic rings. The van der Waals surface area contributed by atoms with Crippen molar-refractivity contribution >= 4 is 5.84 Å². The normalized spacial score (nSPS) is 11.4. The van der Waals surface area contributed by atoms with Gasteiger partial charge >= 0.3 is 0 Å². The summed E-state index contributed by atoms with van der Waals surface area (Å²) >= 11 is 0. The number of nitrogen functional groups attached to an aromatic ring is 1. The first-order valence-electron chi connectivity index (χ1n) is 4.82. The minimum Gasteiger partial charge on any atom is -0.382 e. The van der Waals surface area contributed by atoms with Crippen molar-refractivity contribution in [3.63, 3.8) is 0 Å². The molecule has 0 saturated carbocycles. The molecule has 4 heteroatoms. The fraction of sp³-hybridized carbons (Fsp3) is 0.455. The van der Waals surface area contributed by atoms with Gasteiger partial charge in [-0.2, -0.15) is 0 Å². The van der Waals surface area contributed by atoms with Crippen molar-refractivity contribution in [1.29, 1.82) is 5.41 Å². The maximum Gasteiger partial charge on any atom is 0.141 e. The lowest BCUT2D eigenvalue weighted by Gasteiger charge is -2.19. The van der Waals surface area contributed by atoms with Gasteiger partial charge in [-0.3, -0.25) is 10.4 Å². The van der Waals surface area contributed by atoms with Crippen molar-refractivity contribution < 1.29 is 4.74 Å². The van der Waals surface area contributed by atoms with Gasteiger partial charge in [-0.15, -0.1) is 0 Å². The Kier molecular flexibility index (Phi) is 3.42. The van der Waals surface area contributed by atoms with Crippen LogP contribution >= 0.6 is 0 Å². The molecular weight excluding hydrogens is 190 g/mol. The van der Waals surface area contributed by atoms with E-state index in [1.54, 1.807) is 12.3 Å². The molecule has 0 aromatic carbocycles. The number of hydrogen-bond donors (Lipinski definition) is 2. The van der Waals surface area contributed by atoms with Crippen LogP contribution < -0.4 is 5.73 Å². The van der Waals surface area contributed by atoms with Gasteiger partial charge in [0.2, 0.25) is 0 Å². The molecule has 0 aliphatic carbocycles. The van der Waals surface area contributed by atoms with Crippen molar-refractivity contribution in [2.24, 2.45) is 5.73 Å². The van der Waals surface area contributed by atoms with Crippen LogP contribution in [0.5, 0.6) is 0 Å². The fourth-order valence-electron chi connectivity index (χ4n) is 1.01. The van der Waals surface area contributed by atoms with Gasteiger partial charge in [0, 0.05) is 6.20 Å². The molecule has 0 bridgehead atoms. The summed E-state index contributed by atoms with van der Waals surface area (Å²) in [5.41, 5.74) is 6.65. The van der Waals surface area contributed by atoms with E-state index >= 15 is 0 Å². The number of nitrogens with one attached hydrogen (secondary N) is 1. The molecule has 1 rings (SSSR count). The molecule has 0 fully saturated rings. The van der Waals surface area contributed by atoms with Crippen LogP contribution in [0.25, 0.3) is 0 Å². The summed E-state index contributed by atoms with van der Waals surface area (Å²) in [4.78, 5) is 3.98. The Balaban J connectivity index is 2.70. The second kappa shape index (κ2) is 4.40. The molecule has 15 heavy (non-hydrogen) atoms. The number of ether oxygens (including phenoxy) is 1. The zero-order valence-electron chi connectivity index (χ0n) is 9.37. The molecule has 3 N–H and O–H groups in total. The molecule has 4 nitrogen and oxygen atoms in total. The van der Waals surface area contributed by atoms with Crippen LogP contribution in [-0.4, -0.2) is 16.4 Å². The van der Waals surface area contributed by atoms with Crippen LogP contribution in [0.2, 0.25) is 0 Å². The van der Waals surface area contributed by atoms with Gasteiger partial charge in [0.05, 0.1) is 12.2 Å². The van der Waals surface area contributed by atoms with Crippen LogP contribution in [0.15, 0.2) is 18.3 Å². The first kappa shape index (κ1) is 11.7. The summed E-state index contributed by atoms with van der Waals surface area (Å²) in [6.07, 6.45) is 1.64. The Morgan fingerprint density at radius 1 is 1.53 bits per heavy atom. The highest BCUT2D eigenvalue weighted by atomic mass is 16.5. The first-order chi connectivity index (χ1) is 6.88. The second-order valence-corrected chi connectivity index (χ2v) is 4.36. The van der Waals surface area contributed by atoms with Gasteiger partial charge in [0.15, 0.2) is 0 Å². The number of nitrogens with two attached hydrogens (primary N) is 1. The van der Waals surface area contributed by atoms with E-state index in [4.69, 9.17) is 15.9 Å². The number of rotatable bonds is 3. The van der Waals surface area contributed by atoms with Gasteiger partial charge < -0.3 is 10.5 Å². The van der Waals surface area contributed by atoms with Gasteiger partial charge in [0.1, 0.15) is 11.5 Å².